The quantitative estimate of drug-likeness (QED) is 0.554. The lowest BCUT2D eigenvalue weighted by Gasteiger charge is -2.13. The van der Waals surface area contributed by atoms with Crippen LogP contribution in [0.1, 0.15) is 17.7 Å². The highest BCUT2D eigenvalue weighted by Crippen LogP contribution is 2.04. The summed E-state index contributed by atoms with van der Waals surface area (Å²) in [4.78, 5) is 32.8. The van der Waals surface area contributed by atoms with Gasteiger partial charge in [-0.2, -0.15) is 5.10 Å². The Bertz CT molecular complexity index is 525. The summed E-state index contributed by atoms with van der Waals surface area (Å²) in [6.07, 6.45) is 0.899. The maximum absolute atomic E-state index is 11.5. The molecule has 0 aliphatic carbocycles. The van der Waals surface area contributed by atoms with Crippen LogP contribution in [0.15, 0.2) is 6.20 Å². The van der Waals surface area contributed by atoms with Crippen LogP contribution in [0, 0.1) is 6.92 Å². The van der Waals surface area contributed by atoms with E-state index in [9.17, 15) is 14.4 Å². The maximum atomic E-state index is 11.5. The second-order valence-corrected chi connectivity index (χ2v) is 4.19. The minimum atomic E-state index is -1.47. The molecule has 4 N–H and O–H groups in total. The van der Waals surface area contributed by atoms with Gasteiger partial charge in [0.15, 0.2) is 0 Å². The number of carbonyl (C=O) groups excluding carboxylic acids is 1. The van der Waals surface area contributed by atoms with E-state index in [0.29, 0.717) is 0 Å². The molecule has 9 nitrogen and oxygen atoms in total. The molecule has 0 fully saturated rings. The largest absolute Gasteiger partial charge is 0.481 e. The molecule has 2 amide bonds. The number of urea groups is 1. The zero-order valence-electron chi connectivity index (χ0n) is 11.1. The van der Waals surface area contributed by atoms with Crippen molar-refractivity contribution in [3.05, 3.63) is 17.5 Å². The Labute approximate surface area is 114 Å². The van der Waals surface area contributed by atoms with E-state index >= 15 is 0 Å². The summed E-state index contributed by atoms with van der Waals surface area (Å²) < 4.78 is 1.64. The second kappa shape index (κ2) is 6.55. The van der Waals surface area contributed by atoms with Crippen LogP contribution in [0.3, 0.4) is 0 Å². The number of aryl methyl sites for hydroxylation is 1. The topological polar surface area (TPSA) is 134 Å². The molecule has 1 heterocycles. The number of nitrogens with one attached hydrogen (secondary N) is 2. The van der Waals surface area contributed by atoms with Crippen molar-refractivity contribution in [3.63, 3.8) is 0 Å². The van der Waals surface area contributed by atoms with Crippen molar-refractivity contribution >= 4 is 18.0 Å². The number of amides is 2. The van der Waals surface area contributed by atoms with Crippen LogP contribution in [-0.2, 0) is 23.2 Å². The molecule has 0 aliphatic heterocycles. The number of hydrogen-bond donors (Lipinski definition) is 4. The average Bonchev–Trinajstić information content (AvgIpc) is 2.66. The first-order chi connectivity index (χ1) is 9.31. The molecule has 1 aromatic rings. The average molecular weight is 284 g/mol. The molecule has 1 aromatic heterocycles. The van der Waals surface area contributed by atoms with Crippen LogP contribution in [0.5, 0.6) is 0 Å². The van der Waals surface area contributed by atoms with E-state index in [1.165, 1.54) is 0 Å². The highest BCUT2D eigenvalue weighted by atomic mass is 16.4. The number of carboxylic acid groups (broad SMARTS) is 2. The molecule has 0 bridgehead atoms. The first-order valence-electron chi connectivity index (χ1n) is 5.77. The van der Waals surface area contributed by atoms with Crippen LogP contribution < -0.4 is 10.6 Å². The minimum Gasteiger partial charge on any atom is -0.481 e. The lowest BCUT2D eigenvalue weighted by molar-refractivity contribution is -0.145. The van der Waals surface area contributed by atoms with Crippen molar-refractivity contribution in [1.82, 2.24) is 20.4 Å². The van der Waals surface area contributed by atoms with Crippen LogP contribution in [0.2, 0.25) is 0 Å². The number of hydrogen-bond acceptors (Lipinski definition) is 4. The van der Waals surface area contributed by atoms with E-state index in [4.69, 9.17) is 10.2 Å². The van der Waals surface area contributed by atoms with Gasteiger partial charge in [0.25, 0.3) is 0 Å². The van der Waals surface area contributed by atoms with Gasteiger partial charge in [0, 0.05) is 24.8 Å². The van der Waals surface area contributed by atoms with Crippen molar-refractivity contribution in [3.8, 4) is 0 Å². The Kier molecular flexibility index (Phi) is 5.07. The Balaban J connectivity index is 2.52. The number of rotatable bonds is 6. The van der Waals surface area contributed by atoms with E-state index in [0.717, 1.165) is 11.3 Å². The fourth-order valence-corrected chi connectivity index (χ4v) is 1.48. The van der Waals surface area contributed by atoms with Gasteiger partial charge in [-0.3, -0.25) is 9.48 Å². The second-order valence-electron chi connectivity index (χ2n) is 4.19. The summed E-state index contributed by atoms with van der Waals surface area (Å²) in [5.74, 6) is -2.71. The van der Waals surface area contributed by atoms with Crippen LogP contribution in [-0.4, -0.2) is 44.0 Å². The zero-order valence-corrected chi connectivity index (χ0v) is 11.1. The van der Waals surface area contributed by atoms with Crippen molar-refractivity contribution in [2.24, 2.45) is 7.05 Å². The molecule has 0 saturated heterocycles. The van der Waals surface area contributed by atoms with E-state index < -0.39 is 30.4 Å². The third-order valence-electron chi connectivity index (χ3n) is 2.76. The summed E-state index contributed by atoms with van der Waals surface area (Å²) >= 11 is 0. The van der Waals surface area contributed by atoms with Crippen LogP contribution in [0.25, 0.3) is 0 Å². The monoisotopic (exact) mass is 284 g/mol. The number of aliphatic carboxylic acids is 2. The van der Waals surface area contributed by atoms with Crippen molar-refractivity contribution < 1.29 is 24.6 Å². The van der Waals surface area contributed by atoms with Gasteiger partial charge in [-0.05, 0) is 6.92 Å². The fourth-order valence-electron chi connectivity index (χ4n) is 1.48. The predicted molar refractivity (Wildman–Crippen MR) is 67.0 cm³/mol. The molecular weight excluding hydrogens is 268 g/mol. The highest BCUT2D eigenvalue weighted by molar-refractivity contribution is 5.86. The van der Waals surface area contributed by atoms with E-state index in [2.05, 4.69) is 15.7 Å². The molecule has 9 heteroatoms. The molecule has 20 heavy (non-hydrogen) atoms. The molecule has 1 unspecified atom stereocenters. The summed E-state index contributed by atoms with van der Waals surface area (Å²) in [5, 5.41) is 25.9. The molecule has 0 spiro atoms. The number of carboxylic acids is 2. The summed E-state index contributed by atoms with van der Waals surface area (Å²) in [6.45, 7) is 2.00. The summed E-state index contributed by atoms with van der Waals surface area (Å²) in [7, 11) is 1.76. The first kappa shape index (κ1) is 15.5. The third kappa shape index (κ3) is 4.26. The fraction of sp³-hybridized carbons (Fsp3) is 0.455. The predicted octanol–water partition coefficient (Wildman–Crippen LogP) is -0.544. The minimum absolute atomic E-state index is 0.172. The molecule has 110 valence electrons. The normalized spacial score (nSPS) is 11.7. The lowest BCUT2D eigenvalue weighted by Crippen LogP contribution is -2.46. The van der Waals surface area contributed by atoms with Crippen molar-refractivity contribution in [2.45, 2.75) is 25.9 Å². The van der Waals surface area contributed by atoms with Gasteiger partial charge >= 0.3 is 18.0 Å². The van der Waals surface area contributed by atoms with Gasteiger partial charge in [0.2, 0.25) is 0 Å². The maximum Gasteiger partial charge on any atom is 0.326 e. The zero-order chi connectivity index (χ0) is 15.3. The van der Waals surface area contributed by atoms with Crippen molar-refractivity contribution in [2.75, 3.05) is 0 Å². The molecule has 1 rings (SSSR count). The number of carbonyl (C=O) groups is 3. The molecular formula is C11H16N4O5. The molecule has 0 radical (unpaired) electrons. The Hall–Kier alpha value is -2.58. The standard InChI is InChI=1S/C11H16N4O5/c1-6-7(5-13-15(6)2)4-12-11(20)14-8(10(18)19)3-9(16)17/h5,8H,3-4H2,1-2H3,(H,16,17)(H,18,19)(H2,12,14,20). The Morgan fingerprint density at radius 1 is 1.40 bits per heavy atom. The van der Waals surface area contributed by atoms with E-state index in [1.807, 2.05) is 6.92 Å². The van der Waals surface area contributed by atoms with Gasteiger partial charge < -0.3 is 20.8 Å². The number of aromatic nitrogens is 2. The van der Waals surface area contributed by atoms with Gasteiger partial charge in [0.1, 0.15) is 6.04 Å². The van der Waals surface area contributed by atoms with Gasteiger partial charge in [-0.25, -0.2) is 9.59 Å². The Morgan fingerprint density at radius 3 is 2.50 bits per heavy atom. The highest BCUT2D eigenvalue weighted by Gasteiger charge is 2.22. The van der Waals surface area contributed by atoms with Crippen LogP contribution >= 0.6 is 0 Å². The number of nitrogens with zero attached hydrogens (tertiary/aromatic N) is 2. The first-order valence-corrected chi connectivity index (χ1v) is 5.77. The molecule has 1 atom stereocenters. The summed E-state index contributed by atoms with van der Waals surface area (Å²) in [6, 6.07) is -2.22. The van der Waals surface area contributed by atoms with Crippen LogP contribution in [0.4, 0.5) is 4.79 Å². The van der Waals surface area contributed by atoms with E-state index in [1.54, 1.807) is 17.9 Å². The van der Waals surface area contributed by atoms with Gasteiger partial charge in [-0.15, -0.1) is 0 Å². The third-order valence-corrected chi connectivity index (χ3v) is 2.76. The lowest BCUT2D eigenvalue weighted by atomic mass is 10.2. The van der Waals surface area contributed by atoms with Gasteiger partial charge in [0.05, 0.1) is 12.6 Å². The Morgan fingerprint density at radius 2 is 2.05 bits per heavy atom. The van der Waals surface area contributed by atoms with Gasteiger partial charge in [-0.1, -0.05) is 0 Å². The molecule has 0 aliphatic rings. The SMILES string of the molecule is Cc1c(CNC(=O)NC(CC(=O)O)C(=O)O)cnn1C. The van der Waals surface area contributed by atoms with Crippen molar-refractivity contribution in [1.29, 1.82) is 0 Å². The smallest absolute Gasteiger partial charge is 0.326 e. The molecule has 0 saturated carbocycles. The van der Waals surface area contributed by atoms with E-state index in [-0.39, 0.29) is 6.54 Å². The summed E-state index contributed by atoms with van der Waals surface area (Å²) in [5.41, 5.74) is 1.65. The molecule has 0 aromatic carbocycles.